The van der Waals surface area contributed by atoms with Gasteiger partial charge in [-0.15, -0.1) is 0 Å². The molecule has 1 aliphatic rings. The highest BCUT2D eigenvalue weighted by Crippen LogP contribution is 2.22. The Bertz CT molecular complexity index is 689. The predicted molar refractivity (Wildman–Crippen MR) is 102 cm³/mol. The Morgan fingerprint density at radius 3 is 2.48 bits per heavy atom. The second-order valence-electron chi connectivity index (χ2n) is 6.63. The predicted octanol–water partition coefficient (Wildman–Crippen LogP) is 1.79. The van der Waals surface area contributed by atoms with Crippen molar-refractivity contribution in [2.45, 2.75) is 19.4 Å². The largest absolute Gasteiger partial charge is 0.370 e. The lowest BCUT2D eigenvalue weighted by atomic mass is 10.2. The molecule has 2 heterocycles. The first kappa shape index (κ1) is 17.4. The van der Waals surface area contributed by atoms with Crippen LogP contribution in [0.25, 0.3) is 0 Å². The number of para-hydroxylation sites is 1. The quantitative estimate of drug-likeness (QED) is 0.909. The normalized spacial score (nSPS) is 17.2. The van der Waals surface area contributed by atoms with Gasteiger partial charge in [0.15, 0.2) is 5.82 Å². The molecule has 2 N–H and O–H groups in total. The van der Waals surface area contributed by atoms with E-state index >= 15 is 0 Å². The molecule has 0 saturated carbocycles. The van der Waals surface area contributed by atoms with Crippen molar-refractivity contribution in [1.29, 1.82) is 0 Å². The van der Waals surface area contributed by atoms with Crippen LogP contribution in [0.2, 0.25) is 0 Å². The molecule has 7 nitrogen and oxygen atoms in total. The Morgan fingerprint density at radius 2 is 1.76 bits per heavy atom. The Labute approximate surface area is 149 Å². The summed E-state index contributed by atoms with van der Waals surface area (Å²) in [6.45, 7) is 6.20. The number of rotatable bonds is 4. The number of hydrogen-bond acceptors (Lipinski definition) is 7. The fourth-order valence-corrected chi connectivity index (χ4v) is 3.17. The molecular weight excluding hydrogens is 314 g/mol. The van der Waals surface area contributed by atoms with Crippen molar-refractivity contribution in [1.82, 2.24) is 19.9 Å². The van der Waals surface area contributed by atoms with Crippen LogP contribution in [0.1, 0.15) is 25.2 Å². The lowest BCUT2D eigenvalue weighted by Crippen LogP contribution is -2.33. The third-order valence-corrected chi connectivity index (χ3v) is 4.63. The van der Waals surface area contributed by atoms with Gasteiger partial charge in [0.25, 0.3) is 0 Å². The number of anilines is 3. The second-order valence-corrected chi connectivity index (χ2v) is 6.63. The maximum absolute atomic E-state index is 5.88. The number of nitrogens with two attached hydrogens (primary N) is 1. The molecule has 3 rings (SSSR count). The maximum Gasteiger partial charge on any atom is 0.229 e. The first-order valence-corrected chi connectivity index (χ1v) is 8.77. The van der Waals surface area contributed by atoms with Crippen LogP contribution in [-0.4, -0.2) is 60.1 Å². The summed E-state index contributed by atoms with van der Waals surface area (Å²) in [6.07, 6.45) is 1.11. The first-order valence-electron chi connectivity index (χ1n) is 8.77. The lowest BCUT2D eigenvalue weighted by molar-refractivity contribution is 0.218. The molecule has 1 fully saturated rings. The van der Waals surface area contributed by atoms with Gasteiger partial charge in [-0.1, -0.05) is 18.2 Å². The van der Waals surface area contributed by atoms with Gasteiger partial charge in [-0.25, -0.2) is 0 Å². The van der Waals surface area contributed by atoms with E-state index in [2.05, 4.69) is 62.0 Å². The summed E-state index contributed by atoms with van der Waals surface area (Å²) in [5, 5.41) is 0. The van der Waals surface area contributed by atoms with E-state index in [0.29, 0.717) is 5.95 Å². The highest BCUT2D eigenvalue weighted by atomic mass is 15.3. The van der Waals surface area contributed by atoms with Gasteiger partial charge in [-0.05, 0) is 25.5 Å². The van der Waals surface area contributed by atoms with Gasteiger partial charge < -0.3 is 15.5 Å². The molecule has 134 valence electrons. The van der Waals surface area contributed by atoms with Gasteiger partial charge in [0.1, 0.15) is 0 Å². The number of nitrogen functional groups attached to an aromatic ring is 1. The van der Waals surface area contributed by atoms with Crippen LogP contribution in [-0.2, 0) is 0 Å². The number of nitrogens with zero attached hydrogens (tertiary/aromatic N) is 6. The summed E-state index contributed by atoms with van der Waals surface area (Å²) in [7, 11) is 3.82. The number of hydrogen-bond donors (Lipinski definition) is 1. The summed E-state index contributed by atoms with van der Waals surface area (Å²) in [4.78, 5) is 19.9. The smallest absolute Gasteiger partial charge is 0.229 e. The molecule has 7 heteroatoms. The van der Waals surface area contributed by atoms with Crippen molar-refractivity contribution < 1.29 is 0 Å². The fraction of sp³-hybridized carbons (Fsp3) is 0.500. The van der Waals surface area contributed by atoms with Crippen molar-refractivity contribution >= 4 is 17.6 Å². The molecular formula is C18H27N7. The molecule has 1 saturated heterocycles. The third kappa shape index (κ3) is 4.17. The summed E-state index contributed by atoms with van der Waals surface area (Å²) >= 11 is 0. The van der Waals surface area contributed by atoms with E-state index in [4.69, 9.17) is 5.73 Å². The van der Waals surface area contributed by atoms with E-state index in [0.717, 1.165) is 38.4 Å². The summed E-state index contributed by atoms with van der Waals surface area (Å²) in [6, 6.07) is 10.7. The van der Waals surface area contributed by atoms with Crippen LogP contribution < -0.4 is 15.5 Å². The van der Waals surface area contributed by atoms with Crippen LogP contribution in [0.3, 0.4) is 0 Å². The average molecular weight is 341 g/mol. The second kappa shape index (κ2) is 7.65. The molecule has 0 aliphatic carbocycles. The van der Waals surface area contributed by atoms with Crippen molar-refractivity contribution in [2.24, 2.45) is 0 Å². The monoisotopic (exact) mass is 341 g/mol. The van der Waals surface area contributed by atoms with E-state index < -0.39 is 0 Å². The Balaban J connectivity index is 1.72. The zero-order chi connectivity index (χ0) is 17.8. The maximum atomic E-state index is 5.88. The van der Waals surface area contributed by atoms with Gasteiger partial charge in [0.2, 0.25) is 11.9 Å². The van der Waals surface area contributed by atoms with Gasteiger partial charge in [0.05, 0.1) is 6.04 Å². The van der Waals surface area contributed by atoms with Crippen molar-refractivity contribution in [3.05, 3.63) is 36.2 Å². The topological polar surface area (TPSA) is 74.4 Å². The van der Waals surface area contributed by atoms with E-state index in [-0.39, 0.29) is 12.0 Å². The van der Waals surface area contributed by atoms with Crippen molar-refractivity contribution in [3.8, 4) is 0 Å². The van der Waals surface area contributed by atoms with Crippen LogP contribution in [0.4, 0.5) is 17.6 Å². The molecule has 2 aromatic rings. The molecule has 0 amide bonds. The van der Waals surface area contributed by atoms with Crippen LogP contribution >= 0.6 is 0 Å². The molecule has 1 aromatic heterocycles. The van der Waals surface area contributed by atoms with Crippen molar-refractivity contribution in [3.63, 3.8) is 0 Å². The minimum atomic E-state index is 0.111. The van der Waals surface area contributed by atoms with Crippen molar-refractivity contribution in [2.75, 3.05) is 55.8 Å². The van der Waals surface area contributed by atoms with Gasteiger partial charge >= 0.3 is 0 Å². The van der Waals surface area contributed by atoms with E-state index in [1.807, 2.05) is 19.0 Å². The number of aromatic nitrogens is 3. The molecule has 0 bridgehead atoms. The average Bonchev–Trinajstić information content (AvgIpc) is 2.87. The van der Waals surface area contributed by atoms with E-state index in [1.165, 1.54) is 5.69 Å². The summed E-state index contributed by atoms with van der Waals surface area (Å²) in [5.74, 6) is 1.63. The van der Waals surface area contributed by atoms with Gasteiger partial charge in [0, 0.05) is 46.0 Å². The van der Waals surface area contributed by atoms with Crippen LogP contribution in [0.5, 0.6) is 0 Å². The molecule has 1 atom stereocenters. The SMILES string of the molecule is C[C@H](c1nc(N)nc(N(C)C)n1)N1CCCN(c2ccccc2)CC1. The Kier molecular flexibility index (Phi) is 5.33. The molecule has 1 aliphatic heterocycles. The standard InChI is InChI=1S/C18H27N7/c1-14(16-20-17(19)22-18(21-16)23(2)3)24-10-7-11-25(13-12-24)15-8-5-4-6-9-15/h4-6,8-9,14H,7,10-13H2,1-3H3,(H2,19,20,21,22)/t14-/m1/s1. The van der Waals surface area contributed by atoms with Gasteiger partial charge in [-0.3, -0.25) is 4.90 Å². The van der Waals surface area contributed by atoms with Crippen LogP contribution in [0, 0.1) is 0 Å². The number of benzene rings is 1. The summed E-state index contributed by atoms with van der Waals surface area (Å²) in [5.41, 5.74) is 7.17. The molecule has 0 radical (unpaired) electrons. The third-order valence-electron chi connectivity index (χ3n) is 4.63. The summed E-state index contributed by atoms with van der Waals surface area (Å²) < 4.78 is 0. The fourth-order valence-electron chi connectivity index (χ4n) is 3.17. The lowest BCUT2D eigenvalue weighted by Gasteiger charge is -2.27. The molecule has 25 heavy (non-hydrogen) atoms. The minimum Gasteiger partial charge on any atom is -0.370 e. The highest BCUT2D eigenvalue weighted by Gasteiger charge is 2.23. The van der Waals surface area contributed by atoms with Crippen LogP contribution in [0.15, 0.2) is 30.3 Å². The highest BCUT2D eigenvalue weighted by molar-refractivity contribution is 5.46. The zero-order valence-corrected chi connectivity index (χ0v) is 15.3. The van der Waals surface area contributed by atoms with E-state index in [1.54, 1.807) is 0 Å². The molecule has 0 spiro atoms. The van der Waals surface area contributed by atoms with Gasteiger partial charge in [-0.2, -0.15) is 15.0 Å². The Morgan fingerprint density at radius 1 is 1.00 bits per heavy atom. The molecule has 1 aromatic carbocycles. The Hall–Kier alpha value is -2.41. The zero-order valence-electron chi connectivity index (χ0n) is 15.3. The van der Waals surface area contributed by atoms with E-state index in [9.17, 15) is 0 Å². The minimum absolute atomic E-state index is 0.111. The first-order chi connectivity index (χ1) is 12.0. The molecule has 0 unspecified atom stereocenters.